The number of carboxylic acid groups (broad SMARTS) is 1. The van der Waals surface area contributed by atoms with Crippen molar-refractivity contribution in [3.8, 4) is 11.8 Å². The Labute approximate surface area is 291 Å². The third-order valence-corrected chi connectivity index (χ3v) is 12.2. The Hall–Kier alpha value is -4.40. The Morgan fingerprint density at radius 2 is 1.92 bits per heavy atom. The Morgan fingerprint density at radius 1 is 1.16 bits per heavy atom. The number of nitrogens with one attached hydrogen (secondary N) is 3. The molecular formula is C35H45N5O9S. The number of hydrogen-bond donors (Lipinski definition) is 4. The number of sulfonamides is 1. The second-order valence-electron chi connectivity index (χ2n) is 14.1. The number of carbonyl (C=O) groups excluding carboxylic acids is 3. The maximum absolute atomic E-state index is 14.5. The van der Waals surface area contributed by atoms with E-state index < -0.39 is 68.7 Å². The molecule has 270 valence electrons. The second kappa shape index (κ2) is 14.1. The molecule has 4 aliphatic rings. The van der Waals surface area contributed by atoms with E-state index in [9.17, 15) is 32.7 Å². The van der Waals surface area contributed by atoms with Crippen LogP contribution in [0.15, 0.2) is 42.5 Å². The highest BCUT2D eigenvalue weighted by Crippen LogP contribution is 2.46. The van der Waals surface area contributed by atoms with Crippen LogP contribution < -0.4 is 24.8 Å². The number of aromatic nitrogens is 1. The second-order valence-corrected chi connectivity index (χ2v) is 16.0. The first-order chi connectivity index (χ1) is 23.8. The fourth-order valence-electron chi connectivity index (χ4n) is 7.34. The van der Waals surface area contributed by atoms with E-state index in [-0.39, 0.29) is 37.1 Å². The molecular weight excluding hydrogens is 666 g/mol. The quantitative estimate of drug-likeness (QED) is 0.296. The first-order valence-corrected chi connectivity index (χ1v) is 18.8. The molecule has 7 atom stereocenters. The maximum atomic E-state index is 14.5. The molecule has 1 aromatic heterocycles. The van der Waals surface area contributed by atoms with Gasteiger partial charge in [0.2, 0.25) is 33.6 Å². The summed E-state index contributed by atoms with van der Waals surface area (Å²) in [6.07, 6.45) is 5.32. The van der Waals surface area contributed by atoms with Crippen LogP contribution in [0.5, 0.6) is 11.8 Å². The van der Waals surface area contributed by atoms with Crippen LogP contribution in [0.25, 0.3) is 10.8 Å². The fraction of sp³-hybridized carbons (Fsp3) is 0.571. The van der Waals surface area contributed by atoms with Gasteiger partial charge in [0.25, 0.3) is 5.91 Å². The van der Waals surface area contributed by atoms with Crippen LogP contribution in [0.4, 0.5) is 4.79 Å². The first kappa shape index (κ1) is 35.4. The van der Waals surface area contributed by atoms with E-state index in [1.165, 1.54) is 12.0 Å². The van der Waals surface area contributed by atoms with Crippen molar-refractivity contribution in [2.45, 2.75) is 94.2 Å². The van der Waals surface area contributed by atoms with Crippen molar-refractivity contribution < 1.29 is 42.2 Å². The Kier molecular flexibility index (Phi) is 9.98. The number of rotatable bonds is 8. The lowest BCUT2D eigenvalue weighted by Crippen LogP contribution is -2.59. The zero-order valence-electron chi connectivity index (χ0n) is 28.5. The van der Waals surface area contributed by atoms with Gasteiger partial charge in [-0.2, -0.15) is 4.98 Å². The number of ether oxygens (including phenoxy) is 2. The number of benzene rings is 1. The molecule has 4 N–H and O–H groups in total. The molecule has 2 saturated carbocycles. The first-order valence-electron chi connectivity index (χ1n) is 17.3. The summed E-state index contributed by atoms with van der Waals surface area (Å²) < 4.78 is 39.6. The van der Waals surface area contributed by atoms with Crippen molar-refractivity contribution in [3.63, 3.8) is 0 Å². The average molecular weight is 712 g/mol. The van der Waals surface area contributed by atoms with Crippen LogP contribution in [0.2, 0.25) is 0 Å². The SMILES string of the molecule is CC[C@@H]1C[C@H](C)CCC=C[C@@H]2C[C@@]2(C(=O)NS(=O)(=O)C2CC2)NC(=O)[C@@H]2C[C@@H](Oc3nc(OC)cc4ccccc34)CN2C(=O)[C@H]1NC(=O)O. The van der Waals surface area contributed by atoms with Crippen LogP contribution in [0.3, 0.4) is 0 Å². The van der Waals surface area contributed by atoms with Crippen molar-refractivity contribution in [2.24, 2.45) is 17.8 Å². The minimum absolute atomic E-state index is 0.0103. The van der Waals surface area contributed by atoms with E-state index in [1.54, 1.807) is 6.07 Å². The minimum atomic E-state index is -3.90. The number of methoxy groups -OCH3 is 1. The topological polar surface area (TPSA) is 193 Å². The van der Waals surface area contributed by atoms with E-state index in [1.807, 2.05) is 50.3 Å². The third-order valence-electron chi connectivity index (χ3n) is 10.4. The number of hydrogen-bond acceptors (Lipinski definition) is 9. The number of amides is 4. The summed E-state index contributed by atoms with van der Waals surface area (Å²) in [6, 6.07) is 6.88. The molecule has 3 heterocycles. The molecule has 0 unspecified atom stereocenters. The normalized spacial score (nSPS) is 30.3. The monoisotopic (exact) mass is 711 g/mol. The van der Waals surface area contributed by atoms with Gasteiger partial charge in [-0.05, 0) is 61.8 Å². The van der Waals surface area contributed by atoms with Crippen LogP contribution >= 0.6 is 0 Å². The van der Waals surface area contributed by atoms with Crippen LogP contribution in [-0.2, 0) is 24.4 Å². The molecule has 14 nitrogen and oxygen atoms in total. The molecule has 50 heavy (non-hydrogen) atoms. The number of pyridine rings is 1. The van der Waals surface area contributed by atoms with Gasteiger partial charge in [0.1, 0.15) is 23.7 Å². The standard InChI is InChI=1S/C35H45N5O9S/c1-4-21-15-20(2)9-5-7-11-23-18-35(23,33(43)39-50(46,47)25-13-14-25)38-30(41)27-17-24(19-40(27)32(42)29(21)37-34(44)45)49-31-26-12-8-6-10-22(26)16-28(36-31)48-3/h6-8,10-12,16,20-21,23-25,27,29,37H,4-5,9,13-15,17-19H2,1-3H3,(H,38,41)(H,39,43)(H,44,45)/t20-,21-,23-,24-,27+,29+,35-/m1/s1. The summed E-state index contributed by atoms with van der Waals surface area (Å²) in [5, 5.41) is 16.0. The molecule has 0 spiro atoms. The lowest BCUT2D eigenvalue weighted by atomic mass is 9.85. The highest BCUT2D eigenvalue weighted by Gasteiger charge is 2.62. The highest BCUT2D eigenvalue weighted by molar-refractivity contribution is 7.91. The van der Waals surface area contributed by atoms with Gasteiger partial charge in [-0.15, -0.1) is 0 Å². The number of nitrogens with zero attached hydrogens (tertiary/aromatic N) is 2. The lowest BCUT2D eigenvalue weighted by molar-refractivity contribution is -0.142. The molecule has 1 saturated heterocycles. The lowest BCUT2D eigenvalue weighted by Gasteiger charge is -2.33. The van der Waals surface area contributed by atoms with Gasteiger partial charge >= 0.3 is 6.09 Å². The zero-order chi connectivity index (χ0) is 35.8. The van der Waals surface area contributed by atoms with E-state index in [0.717, 1.165) is 11.8 Å². The zero-order valence-corrected chi connectivity index (χ0v) is 29.3. The molecule has 2 aliphatic heterocycles. The molecule has 4 amide bonds. The molecule has 1 aromatic carbocycles. The smallest absolute Gasteiger partial charge is 0.405 e. The third kappa shape index (κ3) is 7.37. The van der Waals surface area contributed by atoms with Crippen molar-refractivity contribution >= 4 is 44.6 Å². The highest BCUT2D eigenvalue weighted by atomic mass is 32.2. The largest absolute Gasteiger partial charge is 0.481 e. The van der Waals surface area contributed by atoms with E-state index >= 15 is 0 Å². The molecule has 15 heteroatoms. The predicted molar refractivity (Wildman–Crippen MR) is 183 cm³/mol. The molecule has 0 radical (unpaired) electrons. The Bertz CT molecular complexity index is 1800. The van der Waals surface area contributed by atoms with Gasteiger partial charge in [-0.25, -0.2) is 13.2 Å². The van der Waals surface area contributed by atoms with Crippen LogP contribution in [0, 0.1) is 17.8 Å². The van der Waals surface area contributed by atoms with Crippen LogP contribution in [0.1, 0.15) is 65.2 Å². The van der Waals surface area contributed by atoms with Crippen molar-refractivity contribution in [1.29, 1.82) is 0 Å². The van der Waals surface area contributed by atoms with Crippen molar-refractivity contribution in [3.05, 3.63) is 42.5 Å². The van der Waals surface area contributed by atoms with Gasteiger partial charge in [-0.1, -0.05) is 50.6 Å². The van der Waals surface area contributed by atoms with Crippen molar-refractivity contribution in [2.75, 3.05) is 13.7 Å². The van der Waals surface area contributed by atoms with E-state index in [0.29, 0.717) is 43.4 Å². The predicted octanol–water partition coefficient (Wildman–Crippen LogP) is 3.11. The summed E-state index contributed by atoms with van der Waals surface area (Å²) in [4.78, 5) is 60.3. The fourth-order valence-corrected chi connectivity index (χ4v) is 8.71. The average Bonchev–Trinajstić information content (AvgIpc) is 4.01. The maximum Gasteiger partial charge on any atom is 0.405 e. The van der Waals surface area contributed by atoms with E-state index in [2.05, 4.69) is 20.3 Å². The van der Waals surface area contributed by atoms with Crippen LogP contribution in [-0.4, -0.2) is 89.9 Å². The molecule has 2 aromatic rings. The van der Waals surface area contributed by atoms with E-state index in [4.69, 9.17) is 9.47 Å². The van der Waals surface area contributed by atoms with Gasteiger partial charge in [0.15, 0.2) is 0 Å². The summed E-state index contributed by atoms with van der Waals surface area (Å²) in [6.45, 7) is 3.89. The summed E-state index contributed by atoms with van der Waals surface area (Å²) in [7, 11) is -2.41. The molecule has 3 fully saturated rings. The molecule has 0 bridgehead atoms. The van der Waals surface area contributed by atoms with Crippen molar-refractivity contribution in [1.82, 2.24) is 25.2 Å². The number of allylic oxidation sites excluding steroid dienone is 1. The summed E-state index contributed by atoms with van der Waals surface area (Å²) in [5.41, 5.74) is -1.52. The summed E-state index contributed by atoms with van der Waals surface area (Å²) in [5.74, 6) is -2.15. The van der Waals surface area contributed by atoms with Gasteiger partial charge in [0.05, 0.1) is 18.9 Å². The molecule has 2 aliphatic carbocycles. The van der Waals surface area contributed by atoms with Gasteiger partial charge in [-0.3, -0.25) is 19.1 Å². The minimum Gasteiger partial charge on any atom is -0.481 e. The molecule has 6 rings (SSSR count). The summed E-state index contributed by atoms with van der Waals surface area (Å²) >= 11 is 0. The Balaban J connectivity index is 1.36. The number of fused-ring (bicyclic) bond motifs is 3. The Morgan fingerprint density at radius 3 is 2.62 bits per heavy atom. The van der Waals surface area contributed by atoms with Gasteiger partial charge < -0.3 is 30.1 Å². The van der Waals surface area contributed by atoms with Gasteiger partial charge in [0, 0.05) is 23.8 Å². The number of carbonyl (C=O) groups is 4.